The normalized spacial score (nSPS) is 17.2. The zero-order valence-corrected chi connectivity index (χ0v) is 18.6. The van der Waals surface area contributed by atoms with Crippen LogP contribution in [0.5, 0.6) is 5.75 Å². The molecule has 3 rings (SSSR count). The van der Waals surface area contributed by atoms with Crippen molar-refractivity contribution in [2.45, 2.75) is 46.4 Å². The minimum atomic E-state index is -0.0168. The van der Waals surface area contributed by atoms with Gasteiger partial charge in [0.1, 0.15) is 12.4 Å². The number of aliphatic imine (C=N–C) groups is 1. The standard InChI is InChI=1S/C23H25ClN2O2S/c1-15(2)25-23-26(16(3)4)22(27)21(29-23)13-18-7-5-6-8-20(18)28-14-17-9-11-19(24)12-10-17/h5-13,15-16H,14H2,1-4H3/b21-13+,25-23?. The van der Waals surface area contributed by atoms with Gasteiger partial charge < -0.3 is 4.74 Å². The molecule has 2 aromatic carbocycles. The molecule has 1 aliphatic heterocycles. The van der Waals surface area contributed by atoms with Crippen molar-refractivity contribution in [2.75, 3.05) is 0 Å². The van der Waals surface area contributed by atoms with E-state index in [1.807, 2.05) is 82.3 Å². The lowest BCUT2D eigenvalue weighted by molar-refractivity contribution is -0.123. The van der Waals surface area contributed by atoms with Gasteiger partial charge in [0.25, 0.3) is 5.91 Å². The van der Waals surface area contributed by atoms with E-state index in [2.05, 4.69) is 4.99 Å². The number of hydrogen-bond donors (Lipinski definition) is 0. The first-order valence-corrected chi connectivity index (χ1v) is 10.8. The van der Waals surface area contributed by atoms with Crippen molar-refractivity contribution >= 4 is 40.5 Å². The predicted octanol–water partition coefficient (Wildman–Crippen LogP) is 6.01. The Labute approximate surface area is 181 Å². The van der Waals surface area contributed by atoms with Gasteiger partial charge in [-0.1, -0.05) is 41.9 Å². The van der Waals surface area contributed by atoms with Crippen molar-refractivity contribution in [3.8, 4) is 5.75 Å². The lowest BCUT2D eigenvalue weighted by Gasteiger charge is -2.20. The number of thioether (sulfide) groups is 1. The van der Waals surface area contributed by atoms with Crippen LogP contribution in [-0.2, 0) is 11.4 Å². The van der Waals surface area contributed by atoms with Crippen LogP contribution in [0, 0.1) is 0 Å². The molecule has 0 aromatic heterocycles. The van der Waals surface area contributed by atoms with Crippen LogP contribution in [0.25, 0.3) is 6.08 Å². The SMILES string of the molecule is CC(C)N=C1S/C(=C/c2ccccc2OCc2ccc(Cl)cc2)C(=O)N1C(C)C. The maximum Gasteiger partial charge on any atom is 0.266 e. The van der Waals surface area contributed by atoms with E-state index < -0.39 is 0 Å². The van der Waals surface area contributed by atoms with Gasteiger partial charge in [0.15, 0.2) is 5.17 Å². The minimum absolute atomic E-state index is 0.0168. The van der Waals surface area contributed by atoms with Gasteiger partial charge in [-0.2, -0.15) is 0 Å². The molecule has 29 heavy (non-hydrogen) atoms. The highest BCUT2D eigenvalue weighted by atomic mass is 35.5. The molecule has 1 fully saturated rings. The van der Waals surface area contributed by atoms with Crippen molar-refractivity contribution in [3.05, 3.63) is 69.6 Å². The van der Waals surface area contributed by atoms with Crippen LogP contribution in [0.1, 0.15) is 38.8 Å². The topological polar surface area (TPSA) is 41.9 Å². The Bertz CT molecular complexity index is 936. The number of halogens is 1. The highest BCUT2D eigenvalue weighted by Crippen LogP contribution is 2.35. The third-order valence-electron chi connectivity index (χ3n) is 4.24. The second-order valence-corrected chi connectivity index (χ2v) is 8.78. The maximum atomic E-state index is 13.0. The first kappa shape index (κ1) is 21.5. The first-order chi connectivity index (χ1) is 13.8. The lowest BCUT2D eigenvalue weighted by Crippen LogP contribution is -2.35. The van der Waals surface area contributed by atoms with Crippen LogP contribution in [0.4, 0.5) is 0 Å². The summed E-state index contributed by atoms with van der Waals surface area (Å²) in [5.41, 5.74) is 1.90. The third kappa shape index (κ3) is 5.43. The highest BCUT2D eigenvalue weighted by molar-refractivity contribution is 8.18. The van der Waals surface area contributed by atoms with Crippen molar-refractivity contribution < 1.29 is 9.53 Å². The summed E-state index contributed by atoms with van der Waals surface area (Å²) in [7, 11) is 0. The number of amidine groups is 1. The van der Waals surface area contributed by atoms with E-state index in [0.717, 1.165) is 22.0 Å². The first-order valence-electron chi connectivity index (χ1n) is 9.62. The van der Waals surface area contributed by atoms with Gasteiger partial charge in [-0.3, -0.25) is 14.7 Å². The number of ether oxygens (including phenoxy) is 1. The van der Waals surface area contributed by atoms with E-state index in [9.17, 15) is 4.79 Å². The molecule has 0 saturated carbocycles. The molecule has 1 saturated heterocycles. The van der Waals surface area contributed by atoms with Crippen LogP contribution >= 0.6 is 23.4 Å². The molecule has 1 amide bonds. The second kappa shape index (κ2) is 9.51. The largest absolute Gasteiger partial charge is 0.488 e. The van der Waals surface area contributed by atoms with E-state index in [4.69, 9.17) is 16.3 Å². The molecule has 152 valence electrons. The smallest absolute Gasteiger partial charge is 0.266 e. The highest BCUT2D eigenvalue weighted by Gasteiger charge is 2.35. The molecule has 0 N–H and O–H groups in total. The van der Waals surface area contributed by atoms with Crippen LogP contribution in [0.15, 0.2) is 58.4 Å². The molecule has 0 radical (unpaired) electrons. The van der Waals surface area contributed by atoms with Crippen LogP contribution in [-0.4, -0.2) is 28.1 Å². The van der Waals surface area contributed by atoms with Gasteiger partial charge in [0.2, 0.25) is 0 Å². The number of nitrogens with zero attached hydrogens (tertiary/aromatic N) is 2. The van der Waals surface area contributed by atoms with E-state index in [1.54, 1.807) is 4.90 Å². The number of carbonyl (C=O) groups excluding carboxylic acids is 1. The third-order valence-corrected chi connectivity index (χ3v) is 5.48. The summed E-state index contributed by atoms with van der Waals surface area (Å²) in [6.45, 7) is 8.45. The Morgan fingerprint density at radius 1 is 1.10 bits per heavy atom. The Morgan fingerprint density at radius 2 is 1.79 bits per heavy atom. The van der Waals surface area contributed by atoms with Gasteiger partial charge >= 0.3 is 0 Å². The molecule has 1 heterocycles. The number of carbonyl (C=O) groups is 1. The van der Waals surface area contributed by atoms with E-state index in [0.29, 0.717) is 16.5 Å². The second-order valence-electron chi connectivity index (χ2n) is 7.34. The Balaban J connectivity index is 1.84. The number of benzene rings is 2. The zero-order chi connectivity index (χ0) is 21.0. The Kier molecular flexibility index (Phi) is 7.04. The van der Waals surface area contributed by atoms with Crippen molar-refractivity contribution in [1.82, 2.24) is 4.90 Å². The summed E-state index contributed by atoms with van der Waals surface area (Å²) in [4.78, 5) is 20.0. The predicted molar refractivity (Wildman–Crippen MR) is 122 cm³/mol. The van der Waals surface area contributed by atoms with Crippen LogP contribution in [0.2, 0.25) is 5.02 Å². The average molecular weight is 429 g/mol. The van der Waals surface area contributed by atoms with Crippen molar-refractivity contribution in [2.24, 2.45) is 4.99 Å². The minimum Gasteiger partial charge on any atom is -0.488 e. The average Bonchev–Trinajstić information content (AvgIpc) is 2.96. The van der Waals surface area contributed by atoms with Crippen LogP contribution < -0.4 is 4.74 Å². The molecule has 0 unspecified atom stereocenters. The summed E-state index contributed by atoms with van der Waals surface area (Å²) in [5.74, 6) is 0.714. The molecule has 6 heteroatoms. The Hall–Kier alpha value is -2.24. The molecule has 4 nitrogen and oxygen atoms in total. The zero-order valence-electron chi connectivity index (χ0n) is 17.1. The number of para-hydroxylation sites is 1. The molecular formula is C23H25ClN2O2S. The van der Waals surface area contributed by atoms with Crippen molar-refractivity contribution in [1.29, 1.82) is 0 Å². The quantitative estimate of drug-likeness (QED) is 0.529. The van der Waals surface area contributed by atoms with Gasteiger partial charge in [0, 0.05) is 22.7 Å². The fraction of sp³-hybridized carbons (Fsp3) is 0.304. The maximum absolute atomic E-state index is 13.0. The van der Waals surface area contributed by atoms with Crippen molar-refractivity contribution in [3.63, 3.8) is 0 Å². The summed E-state index contributed by atoms with van der Waals surface area (Å²) < 4.78 is 6.02. The molecule has 0 spiro atoms. The van der Waals surface area contributed by atoms with Gasteiger partial charge in [-0.25, -0.2) is 0 Å². The lowest BCUT2D eigenvalue weighted by atomic mass is 10.1. The fourth-order valence-corrected chi connectivity index (χ4v) is 4.22. The van der Waals surface area contributed by atoms with E-state index >= 15 is 0 Å². The number of rotatable bonds is 6. The molecule has 1 aliphatic rings. The summed E-state index contributed by atoms with van der Waals surface area (Å²) >= 11 is 7.36. The summed E-state index contributed by atoms with van der Waals surface area (Å²) in [6.07, 6.45) is 1.89. The molecule has 0 aliphatic carbocycles. The number of amides is 1. The van der Waals surface area contributed by atoms with E-state index in [1.165, 1.54) is 11.8 Å². The van der Waals surface area contributed by atoms with Gasteiger partial charge in [0.05, 0.1) is 4.91 Å². The number of hydrogen-bond acceptors (Lipinski definition) is 4. The monoisotopic (exact) mass is 428 g/mol. The Morgan fingerprint density at radius 3 is 2.45 bits per heavy atom. The molecular weight excluding hydrogens is 404 g/mol. The van der Waals surface area contributed by atoms with Crippen LogP contribution in [0.3, 0.4) is 0 Å². The summed E-state index contributed by atoms with van der Waals surface area (Å²) in [6, 6.07) is 15.5. The van der Waals surface area contributed by atoms with Gasteiger partial charge in [-0.15, -0.1) is 0 Å². The fourth-order valence-electron chi connectivity index (χ4n) is 2.87. The molecule has 0 bridgehead atoms. The van der Waals surface area contributed by atoms with Gasteiger partial charge in [-0.05, 0) is 69.3 Å². The summed E-state index contributed by atoms with van der Waals surface area (Å²) in [5, 5.41) is 1.45. The molecule has 0 atom stereocenters. The van der Waals surface area contributed by atoms with E-state index in [-0.39, 0.29) is 18.0 Å². The molecule has 2 aromatic rings.